The second kappa shape index (κ2) is 9.56. The first-order chi connectivity index (χ1) is 15.6. The minimum atomic E-state index is -0.585. The summed E-state index contributed by atoms with van der Waals surface area (Å²) >= 11 is 0. The lowest BCUT2D eigenvalue weighted by Gasteiger charge is -2.25. The van der Waals surface area contributed by atoms with Crippen LogP contribution in [0, 0.1) is 0 Å². The molecule has 0 fully saturated rings. The molecule has 4 rings (SSSR count). The number of ether oxygens (including phenoxy) is 2. The first-order valence-electron chi connectivity index (χ1n) is 10.6. The summed E-state index contributed by atoms with van der Waals surface area (Å²) in [4.78, 5) is 28.0. The Morgan fingerprint density at radius 1 is 0.969 bits per heavy atom. The van der Waals surface area contributed by atoms with Gasteiger partial charge in [-0.05, 0) is 41.8 Å². The van der Waals surface area contributed by atoms with Gasteiger partial charge >= 0.3 is 0 Å². The van der Waals surface area contributed by atoms with Gasteiger partial charge in [0.1, 0.15) is 17.5 Å². The Morgan fingerprint density at radius 2 is 1.72 bits per heavy atom. The van der Waals surface area contributed by atoms with Gasteiger partial charge in [0, 0.05) is 30.3 Å². The highest BCUT2D eigenvalue weighted by atomic mass is 16.5. The standard InChI is InChI=1S/C26H26N2O4/c1-31-21-13-12-18(24(17-21)32-2)14-15-27-25(29)23-16-20-10-6-7-11-22(20)28(23)26(30)19-8-4-3-5-9-19/h3-13,17,23H,14-16H2,1-2H3,(H,27,29)/t23-/m1/s1. The average Bonchev–Trinajstić information content (AvgIpc) is 3.24. The zero-order valence-corrected chi connectivity index (χ0v) is 18.2. The SMILES string of the molecule is COc1ccc(CCNC(=O)[C@H]2Cc3ccccc3N2C(=O)c2ccccc2)c(OC)c1. The predicted molar refractivity (Wildman–Crippen MR) is 123 cm³/mol. The van der Waals surface area contributed by atoms with Crippen molar-refractivity contribution < 1.29 is 19.1 Å². The Balaban J connectivity index is 1.48. The van der Waals surface area contributed by atoms with Crippen LogP contribution in [0.1, 0.15) is 21.5 Å². The van der Waals surface area contributed by atoms with Crippen LogP contribution >= 0.6 is 0 Å². The van der Waals surface area contributed by atoms with E-state index in [4.69, 9.17) is 9.47 Å². The van der Waals surface area contributed by atoms with E-state index < -0.39 is 6.04 Å². The molecular weight excluding hydrogens is 404 g/mol. The summed E-state index contributed by atoms with van der Waals surface area (Å²) < 4.78 is 10.7. The molecule has 0 aliphatic carbocycles. The Bertz CT molecular complexity index is 1110. The van der Waals surface area contributed by atoms with Crippen LogP contribution in [0.25, 0.3) is 0 Å². The number of amides is 2. The van der Waals surface area contributed by atoms with E-state index in [9.17, 15) is 9.59 Å². The number of methoxy groups -OCH3 is 2. The van der Waals surface area contributed by atoms with Gasteiger partial charge in [-0.25, -0.2) is 0 Å². The van der Waals surface area contributed by atoms with Gasteiger partial charge in [-0.1, -0.05) is 42.5 Å². The van der Waals surface area contributed by atoms with Crippen LogP contribution in [0.15, 0.2) is 72.8 Å². The number of rotatable bonds is 7. The minimum Gasteiger partial charge on any atom is -0.497 e. The van der Waals surface area contributed by atoms with E-state index >= 15 is 0 Å². The highest BCUT2D eigenvalue weighted by Gasteiger charge is 2.38. The third-order valence-corrected chi connectivity index (χ3v) is 5.71. The summed E-state index contributed by atoms with van der Waals surface area (Å²) in [6.45, 7) is 0.432. The molecule has 1 aliphatic rings. The lowest BCUT2D eigenvalue weighted by atomic mass is 10.1. The molecule has 1 atom stereocenters. The van der Waals surface area contributed by atoms with Crippen molar-refractivity contribution >= 4 is 17.5 Å². The number of carbonyl (C=O) groups excluding carboxylic acids is 2. The number of nitrogens with one attached hydrogen (secondary N) is 1. The Labute approximate surface area is 187 Å². The average molecular weight is 431 g/mol. The van der Waals surface area contributed by atoms with Crippen molar-refractivity contribution in [1.82, 2.24) is 5.32 Å². The Kier molecular flexibility index (Phi) is 6.40. The maximum absolute atomic E-state index is 13.3. The van der Waals surface area contributed by atoms with E-state index in [1.165, 1.54) is 0 Å². The molecule has 6 nitrogen and oxygen atoms in total. The summed E-state index contributed by atoms with van der Waals surface area (Å²) in [6.07, 6.45) is 1.09. The Hall–Kier alpha value is -3.80. The zero-order valence-electron chi connectivity index (χ0n) is 18.2. The quantitative estimate of drug-likeness (QED) is 0.622. The molecule has 6 heteroatoms. The molecule has 0 bridgehead atoms. The van der Waals surface area contributed by atoms with Gasteiger partial charge in [0.25, 0.3) is 5.91 Å². The molecule has 0 unspecified atom stereocenters. The molecule has 0 spiro atoms. The normalized spacial score (nSPS) is 14.6. The maximum Gasteiger partial charge on any atom is 0.259 e. The molecule has 3 aromatic carbocycles. The number of nitrogens with zero attached hydrogens (tertiary/aromatic N) is 1. The summed E-state index contributed by atoms with van der Waals surface area (Å²) in [6, 6.07) is 21.8. The van der Waals surface area contributed by atoms with Gasteiger partial charge in [0.2, 0.25) is 5.91 Å². The summed E-state index contributed by atoms with van der Waals surface area (Å²) in [5.41, 5.74) is 3.32. The number of hydrogen-bond acceptors (Lipinski definition) is 4. The summed E-state index contributed by atoms with van der Waals surface area (Å²) in [7, 11) is 3.22. The van der Waals surface area contributed by atoms with Crippen LogP contribution in [0.5, 0.6) is 11.5 Å². The lowest BCUT2D eigenvalue weighted by molar-refractivity contribution is -0.122. The summed E-state index contributed by atoms with van der Waals surface area (Å²) in [5.74, 6) is 1.09. The van der Waals surface area contributed by atoms with Crippen LogP contribution in [-0.4, -0.2) is 38.6 Å². The minimum absolute atomic E-state index is 0.169. The molecule has 0 saturated carbocycles. The van der Waals surface area contributed by atoms with E-state index in [2.05, 4.69) is 5.32 Å². The smallest absolute Gasteiger partial charge is 0.259 e. The first kappa shape index (κ1) is 21.4. The van der Waals surface area contributed by atoms with E-state index in [0.717, 1.165) is 16.8 Å². The molecule has 32 heavy (non-hydrogen) atoms. The molecule has 164 valence electrons. The van der Waals surface area contributed by atoms with Crippen LogP contribution in [-0.2, 0) is 17.6 Å². The van der Waals surface area contributed by atoms with Gasteiger partial charge < -0.3 is 14.8 Å². The second-order valence-electron chi connectivity index (χ2n) is 7.61. The van der Waals surface area contributed by atoms with Gasteiger partial charge in [-0.2, -0.15) is 0 Å². The third-order valence-electron chi connectivity index (χ3n) is 5.71. The molecule has 2 amide bonds. The molecule has 0 radical (unpaired) electrons. The summed E-state index contributed by atoms with van der Waals surface area (Å²) in [5, 5.41) is 3.00. The number of hydrogen-bond donors (Lipinski definition) is 1. The van der Waals surface area contributed by atoms with Crippen molar-refractivity contribution in [2.24, 2.45) is 0 Å². The third kappa shape index (κ3) is 4.30. The van der Waals surface area contributed by atoms with Crippen LogP contribution in [0.2, 0.25) is 0 Å². The fourth-order valence-corrected chi connectivity index (χ4v) is 4.06. The molecule has 0 aromatic heterocycles. The predicted octanol–water partition coefficient (Wildman–Crippen LogP) is 3.63. The highest BCUT2D eigenvalue weighted by molar-refractivity contribution is 6.11. The molecular formula is C26H26N2O4. The number of fused-ring (bicyclic) bond motifs is 1. The number of benzene rings is 3. The van der Waals surface area contributed by atoms with Crippen LogP contribution in [0.3, 0.4) is 0 Å². The largest absolute Gasteiger partial charge is 0.497 e. The topological polar surface area (TPSA) is 67.9 Å². The van der Waals surface area contributed by atoms with E-state index in [0.29, 0.717) is 36.4 Å². The van der Waals surface area contributed by atoms with E-state index in [-0.39, 0.29) is 11.8 Å². The van der Waals surface area contributed by atoms with Crippen LogP contribution in [0.4, 0.5) is 5.69 Å². The van der Waals surface area contributed by atoms with Gasteiger partial charge in [0.15, 0.2) is 0 Å². The fraction of sp³-hybridized carbons (Fsp3) is 0.231. The number of para-hydroxylation sites is 1. The van der Waals surface area contributed by atoms with Crippen molar-refractivity contribution in [3.05, 3.63) is 89.5 Å². The van der Waals surface area contributed by atoms with E-state index in [1.807, 2.05) is 60.7 Å². The Morgan fingerprint density at radius 3 is 2.47 bits per heavy atom. The molecule has 1 heterocycles. The lowest BCUT2D eigenvalue weighted by Crippen LogP contribution is -2.48. The van der Waals surface area contributed by atoms with Gasteiger partial charge in [-0.15, -0.1) is 0 Å². The fourth-order valence-electron chi connectivity index (χ4n) is 4.06. The van der Waals surface area contributed by atoms with Crippen molar-refractivity contribution in [3.63, 3.8) is 0 Å². The monoisotopic (exact) mass is 430 g/mol. The zero-order chi connectivity index (χ0) is 22.5. The van der Waals surface area contributed by atoms with E-state index in [1.54, 1.807) is 31.3 Å². The molecule has 1 aliphatic heterocycles. The second-order valence-corrected chi connectivity index (χ2v) is 7.61. The maximum atomic E-state index is 13.3. The van der Waals surface area contributed by atoms with Crippen molar-refractivity contribution in [3.8, 4) is 11.5 Å². The van der Waals surface area contributed by atoms with Gasteiger partial charge in [-0.3, -0.25) is 14.5 Å². The van der Waals surface area contributed by atoms with Gasteiger partial charge in [0.05, 0.1) is 14.2 Å². The molecule has 3 aromatic rings. The molecule has 1 N–H and O–H groups in total. The number of carbonyl (C=O) groups is 2. The van der Waals surface area contributed by atoms with Crippen LogP contribution < -0.4 is 19.7 Å². The molecule has 0 saturated heterocycles. The van der Waals surface area contributed by atoms with Crippen molar-refractivity contribution in [2.75, 3.05) is 25.7 Å². The van der Waals surface area contributed by atoms with Crippen molar-refractivity contribution in [1.29, 1.82) is 0 Å². The van der Waals surface area contributed by atoms with Crippen molar-refractivity contribution in [2.45, 2.75) is 18.9 Å². The number of anilines is 1. The first-order valence-corrected chi connectivity index (χ1v) is 10.6. The highest BCUT2D eigenvalue weighted by Crippen LogP contribution is 2.33.